The van der Waals surface area contributed by atoms with Gasteiger partial charge in [-0.15, -0.1) is 0 Å². The maximum absolute atomic E-state index is 12.5. The number of nitrogens with two attached hydrogens (primary N) is 1. The van der Waals surface area contributed by atoms with Gasteiger partial charge < -0.3 is 24.3 Å². The Balaban J connectivity index is 1.29. The molecule has 2 aromatic heterocycles. The molecule has 234 valence electrons. The van der Waals surface area contributed by atoms with Crippen LogP contribution in [0.25, 0.3) is 11.2 Å². The highest BCUT2D eigenvalue weighted by Gasteiger charge is 2.37. The number of nitrogen functional groups attached to an aromatic ring is 1. The Morgan fingerprint density at radius 1 is 1.28 bits per heavy atom. The fraction of sp³-hybridized carbons (Fsp3) is 0.556. The second-order valence-electron chi connectivity index (χ2n) is 10.9. The summed E-state index contributed by atoms with van der Waals surface area (Å²) in [6.07, 6.45) is 5.76. The zero-order valence-electron chi connectivity index (χ0n) is 24.8. The molecule has 1 aliphatic heterocycles. The van der Waals surface area contributed by atoms with E-state index < -0.39 is 20.5 Å². The predicted octanol–water partition coefficient (Wildman–Crippen LogP) is 4.99. The van der Waals surface area contributed by atoms with Crippen LogP contribution in [0.1, 0.15) is 53.2 Å². The molecule has 13 nitrogen and oxygen atoms in total. The Morgan fingerprint density at radius 2 is 2.02 bits per heavy atom. The molecule has 16 heteroatoms. The topological polar surface area (TPSA) is 151 Å². The molecule has 0 spiro atoms. The number of carbonyl (C=O) groups excluding carboxylic acids is 1. The summed E-state index contributed by atoms with van der Waals surface area (Å²) in [5.74, 6) is 1.12. The molecular weight excluding hydrogens is 615 g/mol. The molecule has 5 atom stereocenters. The average molecular weight is 653 g/mol. The fourth-order valence-corrected chi connectivity index (χ4v) is 6.51. The van der Waals surface area contributed by atoms with Crippen molar-refractivity contribution >= 4 is 61.0 Å². The van der Waals surface area contributed by atoms with Gasteiger partial charge in [0, 0.05) is 17.0 Å². The lowest BCUT2D eigenvalue weighted by Gasteiger charge is -2.24. The molecule has 2 aliphatic rings. The number of ether oxygens (including phenoxy) is 2. The van der Waals surface area contributed by atoms with Crippen molar-refractivity contribution in [3.8, 4) is 5.75 Å². The Hall–Kier alpha value is -2.45. The molecule has 1 saturated carbocycles. The fourth-order valence-electron chi connectivity index (χ4n) is 4.74. The first-order valence-corrected chi connectivity index (χ1v) is 17.0. The van der Waals surface area contributed by atoms with Gasteiger partial charge in [-0.05, 0) is 70.6 Å². The van der Waals surface area contributed by atoms with Gasteiger partial charge in [0.25, 0.3) is 0 Å². The van der Waals surface area contributed by atoms with E-state index in [9.17, 15) is 4.79 Å². The van der Waals surface area contributed by atoms with E-state index in [4.69, 9.17) is 35.9 Å². The first-order chi connectivity index (χ1) is 20.6. The van der Waals surface area contributed by atoms with Crippen molar-refractivity contribution in [3.63, 3.8) is 0 Å². The van der Waals surface area contributed by atoms with E-state index in [1.165, 1.54) is 11.9 Å². The van der Waals surface area contributed by atoms with E-state index in [0.717, 1.165) is 19.3 Å². The maximum Gasteiger partial charge on any atom is 0.323 e. The molecule has 1 aromatic carbocycles. The highest BCUT2D eigenvalue weighted by Crippen LogP contribution is 2.41. The Bertz CT molecular complexity index is 1400. The standard InChI is InChI=1S/C27H38ClN8O5PS/c1-15(2)39-26(37)17(4)33-42(41-20-10-6-18(28)7-11-20)38-13-21-12-16(3)25(40-21)35-14-30-22-23(35)31-27(29)32-24(22)36(34-43-5)19-8-9-19/h6-7,10-11,14-17,19,21,25,33-34H,8-9,12-13H2,1-5H3,(H2,29,31,32). The van der Waals surface area contributed by atoms with Crippen LogP contribution in [0, 0.1) is 5.92 Å². The number of fused-ring (bicyclic) bond motifs is 1. The number of nitrogens with zero attached hydrogens (tertiary/aromatic N) is 5. The number of hydrazine groups is 1. The van der Waals surface area contributed by atoms with Crippen LogP contribution in [0.2, 0.25) is 5.02 Å². The highest BCUT2D eigenvalue weighted by molar-refractivity contribution is 7.96. The van der Waals surface area contributed by atoms with Crippen molar-refractivity contribution in [3.05, 3.63) is 35.6 Å². The summed E-state index contributed by atoms with van der Waals surface area (Å²) in [4.78, 5) is 29.5. The zero-order valence-corrected chi connectivity index (χ0v) is 27.2. The smallest absolute Gasteiger partial charge is 0.323 e. The molecule has 5 unspecified atom stereocenters. The Kier molecular flexibility index (Phi) is 10.5. The van der Waals surface area contributed by atoms with Crippen LogP contribution in [0.3, 0.4) is 0 Å². The quantitative estimate of drug-likeness (QED) is 0.0929. The summed E-state index contributed by atoms with van der Waals surface area (Å²) in [5.41, 5.74) is 7.43. The zero-order chi connectivity index (χ0) is 30.7. The van der Waals surface area contributed by atoms with Gasteiger partial charge >= 0.3 is 14.5 Å². The third-order valence-electron chi connectivity index (χ3n) is 6.86. The lowest BCUT2D eigenvalue weighted by atomic mass is 10.1. The van der Waals surface area contributed by atoms with Crippen molar-refractivity contribution in [2.45, 2.75) is 77.5 Å². The number of esters is 1. The van der Waals surface area contributed by atoms with Gasteiger partial charge in [0.2, 0.25) is 5.95 Å². The number of benzene rings is 1. The highest BCUT2D eigenvalue weighted by atomic mass is 35.5. The van der Waals surface area contributed by atoms with Gasteiger partial charge in [0.05, 0.1) is 25.1 Å². The van der Waals surface area contributed by atoms with Crippen LogP contribution in [-0.4, -0.2) is 62.6 Å². The van der Waals surface area contributed by atoms with Crippen molar-refractivity contribution in [2.75, 3.05) is 23.6 Å². The monoisotopic (exact) mass is 652 g/mol. The van der Waals surface area contributed by atoms with Crippen LogP contribution in [-0.2, 0) is 18.8 Å². The Labute approximate surface area is 261 Å². The van der Waals surface area contributed by atoms with Crippen molar-refractivity contribution in [1.82, 2.24) is 29.4 Å². The summed E-state index contributed by atoms with van der Waals surface area (Å²) in [7, 11) is -1.73. The van der Waals surface area contributed by atoms with Gasteiger partial charge in [-0.25, -0.2) is 10.1 Å². The molecule has 5 rings (SSSR count). The number of carbonyl (C=O) groups is 1. The molecule has 43 heavy (non-hydrogen) atoms. The van der Waals surface area contributed by atoms with Crippen LogP contribution in [0.15, 0.2) is 30.6 Å². The van der Waals surface area contributed by atoms with E-state index in [0.29, 0.717) is 33.8 Å². The van der Waals surface area contributed by atoms with Crippen molar-refractivity contribution < 1.29 is 23.3 Å². The lowest BCUT2D eigenvalue weighted by Crippen LogP contribution is -2.36. The molecular formula is C27H38ClN8O5PS. The second kappa shape index (κ2) is 14.1. The van der Waals surface area contributed by atoms with Crippen LogP contribution in [0.5, 0.6) is 5.75 Å². The molecule has 1 saturated heterocycles. The van der Waals surface area contributed by atoms with Gasteiger partial charge in [-0.3, -0.25) is 14.4 Å². The minimum atomic E-state index is -1.73. The average Bonchev–Trinajstić information content (AvgIpc) is 3.61. The lowest BCUT2D eigenvalue weighted by molar-refractivity contribution is -0.149. The van der Waals surface area contributed by atoms with E-state index in [1.54, 1.807) is 51.4 Å². The molecule has 0 bridgehead atoms. The summed E-state index contributed by atoms with van der Waals surface area (Å²) in [6.45, 7) is 7.67. The van der Waals surface area contributed by atoms with E-state index >= 15 is 0 Å². The van der Waals surface area contributed by atoms with Gasteiger partial charge in [0.15, 0.2) is 17.0 Å². The van der Waals surface area contributed by atoms with Crippen LogP contribution in [0.4, 0.5) is 11.8 Å². The molecule has 4 N–H and O–H groups in total. The maximum atomic E-state index is 12.5. The summed E-state index contributed by atoms with van der Waals surface area (Å²) in [5, 5.41) is 5.74. The number of nitrogens with one attached hydrogen (secondary N) is 2. The Morgan fingerprint density at radius 3 is 2.70 bits per heavy atom. The molecule has 2 fully saturated rings. The molecule has 3 aromatic rings. The second-order valence-corrected chi connectivity index (χ2v) is 13.2. The first-order valence-electron chi connectivity index (χ1n) is 14.2. The number of rotatable bonds is 14. The molecule has 0 radical (unpaired) electrons. The number of aromatic nitrogens is 4. The summed E-state index contributed by atoms with van der Waals surface area (Å²) in [6, 6.07) is 6.64. The van der Waals surface area contributed by atoms with E-state index in [-0.39, 0.29) is 36.9 Å². The molecule has 3 heterocycles. The number of imidazole rings is 1. The van der Waals surface area contributed by atoms with E-state index in [1.807, 2.05) is 15.8 Å². The van der Waals surface area contributed by atoms with Crippen LogP contribution < -0.4 is 25.2 Å². The van der Waals surface area contributed by atoms with Gasteiger partial charge in [-0.1, -0.05) is 30.5 Å². The normalized spacial score (nSPS) is 21.7. The summed E-state index contributed by atoms with van der Waals surface area (Å²) >= 11 is 7.53. The van der Waals surface area contributed by atoms with Gasteiger partial charge in [-0.2, -0.15) is 14.8 Å². The SMILES string of the molecule is CSNN(c1nc(N)nc2c1ncn2C1OC(COP(NC(C)C(=O)OC(C)C)Oc2ccc(Cl)cc2)CC1C)C1CC1. The van der Waals surface area contributed by atoms with Gasteiger partial charge in [0.1, 0.15) is 18.0 Å². The first kappa shape index (κ1) is 32.0. The third kappa shape index (κ3) is 7.99. The number of anilines is 2. The number of halogens is 1. The van der Waals surface area contributed by atoms with Crippen molar-refractivity contribution in [1.29, 1.82) is 0 Å². The predicted molar refractivity (Wildman–Crippen MR) is 168 cm³/mol. The molecule has 0 amide bonds. The minimum absolute atomic E-state index is 0.130. The number of hydrogen-bond donors (Lipinski definition) is 3. The van der Waals surface area contributed by atoms with Crippen molar-refractivity contribution in [2.24, 2.45) is 5.92 Å². The minimum Gasteiger partial charge on any atom is -0.462 e. The third-order valence-corrected chi connectivity index (χ3v) is 8.85. The molecule has 1 aliphatic carbocycles. The van der Waals surface area contributed by atoms with Crippen LogP contribution >= 0.6 is 32.1 Å². The number of hydrogen-bond acceptors (Lipinski definition) is 13. The van der Waals surface area contributed by atoms with E-state index in [2.05, 4.69) is 31.8 Å². The summed E-state index contributed by atoms with van der Waals surface area (Å²) < 4.78 is 26.0. The largest absolute Gasteiger partial charge is 0.462 e.